The van der Waals surface area contributed by atoms with Crippen molar-refractivity contribution in [2.75, 3.05) is 31.9 Å². The lowest BCUT2D eigenvalue weighted by molar-refractivity contribution is -0.118. The Balaban J connectivity index is 1.64. The molecule has 0 bridgehead atoms. The maximum atomic E-state index is 13.1. The van der Waals surface area contributed by atoms with Crippen molar-refractivity contribution in [3.8, 4) is 0 Å². The fourth-order valence-corrected chi connectivity index (χ4v) is 4.48. The van der Waals surface area contributed by atoms with Gasteiger partial charge in [0.25, 0.3) is 5.56 Å². The molecule has 0 aliphatic rings. The molecule has 0 aliphatic heterocycles. The van der Waals surface area contributed by atoms with Crippen LogP contribution >= 0.6 is 11.8 Å². The van der Waals surface area contributed by atoms with Crippen LogP contribution in [0.3, 0.4) is 0 Å². The van der Waals surface area contributed by atoms with Gasteiger partial charge in [-0.25, -0.2) is 9.37 Å². The predicted molar refractivity (Wildman–Crippen MR) is 132 cm³/mol. The third-order valence-electron chi connectivity index (χ3n) is 5.56. The van der Waals surface area contributed by atoms with Gasteiger partial charge >= 0.3 is 0 Å². The maximum Gasteiger partial charge on any atom is 0.262 e. The largest absolute Gasteiger partial charge is 0.355 e. The van der Waals surface area contributed by atoms with Crippen molar-refractivity contribution in [2.24, 2.45) is 0 Å². The summed E-state index contributed by atoms with van der Waals surface area (Å²) in [6, 6.07) is 13.6. The molecule has 0 saturated carbocycles. The van der Waals surface area contributed by atoms with E-state index in [4.69, 9.17) is 0 Å². The first kappa shape index (κ1) is 24.9. The zero-order valence-electron chi connectivity index (χ0n) is 19.2. The minimum absolute atomic E-state index is 0.0700. The Labute approximate surface area is 198 Å². The summed E-state index contributed by atoms with van der Waals surface area (Å²) in [4.78, 5) is 32.5. The van der Waals surface area contributed by atoms with Gasteiger partial charge in [-0.05, 0) is 62.3 Å². The number of fused-ring (bicyclic) bond motifs is 1. The second-order valence-electron chi connectivity index (χ2n) is 7.76. The van der Waals surface area contributed by atoms with Crippen molar-refractivity contribution in [3.05, 3.63) is 70.3 Å². The van der Waals surface area contributed by atoms with E-state index in [1.165, 1.54) is 23.9 Å². The molecule has 1 aromatic heterocycles. The molecule has 0 atom stereocenters. The fraction of sp³-hybridized carbons (Fsp3) is 0.400. The molecular weight excluding hydrogens is 439 g/mol. The van der Waals surface area contributed by atoms with Crippen LogP contribution in [-0.2, 0) is 17.8 Å². The summed E-state index contributed by atoms with van der Waals surface area (Å²) in [5.74, 6) is -0.228. The standard InChI is InChI=1S/C25H31FN4O2S/c1-3-29(4-2)16-7-17-30-24(32)21-8-5-6-9-22(21)28-25(30)33-18-23(31)27-15-14-19-10-12-20(26)13-11-19/h5-6,8-13H,3-4,7,14-18H2,1-2H3,(H,27,31). The number of nitrogens with zero attached hydrogens (tertiary/aromatic N) is 3. The monoisotopic (exact) mass is 470 g/mol. The van der Waals surface area contributed by atoms with Gasteiger partial charge in [-0.3, -0.25) is 14.2 Å². The van der Waals surface area contributed by atoms with Crippen molar-refractivity contribution in [1.82, 2.24) is 19.8 Å². The molecule has 0 radical (unpaired) electrons. The maximum absolute atomic E-state index is 13.1. The van der Waals surface area contributed by atoms with Gasteiger partial charge in [-0.1, -0.05) is 49.9 Å². The molecule has 6 nitrogen and oxygen atoms in total. The molecule has 0 fully saturated rings. The first-order valence-electron chi connectivity index (χ1n) is 11.4. The Kier molecular flexibility index (Phi) is 9.45. The van der Waals surface area contributed by atoms with Crippen molar-refractivity contribution >= 4 is 28.6 Å². The molecule has 176 valence electrons. The predicted octanol–water partition coefficient (Wildman–Crippen LogP) is 3.72. The Bertz CT molecular complexity index is 1110. The summed E-state index contributed by atoms with van der Waals surface area (Å²) in [5.41, 5.74) is 1.53. The van der Waals surface area contributed by atoms with E-state index in [1.807, 2.05) is 18.2 Å². The van der Waals surface area contributed by atoms with E-state index in [0.29, 0.717) is 35.6 Å². The van der Waals surface area contributed by atoms with Gasteiger partial charge < -0.3 is 10.2 Å². The van der Waals surface area contributed by atoms with Crippen LogP contribution in [0.2, 0.25) is 0 Å². The molecule has 0 saturated heterocycles. The molecule has 1 heterocycles. The fourth-order valence-electron chi connectivity index (χ4n) is 3.63. The average Bonchev–Trinajstić information content (AvgIpc) is 2.83. The normalized spacial score (nSPS) is 11.3. The van der Waals surface area contributed by atoms with Crippen LogP contribution in [0.1, 0.15) is 25.8 Å². The number of nitrogens with one attached hydrogen (secondary N) is 1. The van der Waals surface area contributed by atoms with Crippen LogP contribution in [0.4, 0.5) is 4.39 Å². The quantitative estimate of drug-likeness (QED) is 0.323. The minimum Gasteiger partial charge on any atom is -0.355 e. The number of benzene rings is 2. The van der Waals surface area contributed by atoms with E-state index >= 15 is 0 Å². The number of amides is 1. The second kappa shape index (κ2) is 12.5. The third-order valence-corrected chi connectivity index (χ3v) is 6.53. The van der Waals surface area contributed by atoms with Gasteiger partial charge in [0, 0.05) is 13.1 Å². The van der Waals surface area contributed by atoms with Gasteiger partial charge in [0.05, 0.1) is 16.7 Å². The topological polar surface area (TPSA) is 67.2 Å². The van der Waals surface area contributed by atoms with Gasteiger partial charge in [-0.15, -0.1) is 0 Å². The molecule has 1 amide bonds. The highest BCUT2D eigenvalue weighted by Gasteiger charge is 2.13. The van der Waals surface area contributed by atoms with Crippen LogP contribution in [-0.4, -0.2) is 52.3 Å². The highest BCUT2D eigenvalue weighted by atomic mass is 32.2. The number of rotatable bonds is 12. The average molecular weight is 471 g/mol. The Morgan fingerprint density at radius 2 is 1.85 bits per heavy atom. The number of hydrogen-bond donors (Lipinski definition) is 1. The van der Waals surface area contributed by atoms with Gasteiger partial charge in [0.15, 0.2) is 5.16 Å². The second-order valence-corrected chi connectivity index (χ2v) is 8.71. The highest BCUT2D eigenvalue weighted by Crippen LogP contribution is 2.18. The van der Waals surface area contributed by atoms with E-state index in [2.05, 4.69) is 29.0 Å². The molecule has 2 aromatic carbocycles. The summed E-state index contributed by atoms with van der Waals surface area (Å²) >= 11 is 1.28. The van der Waals surface area contributed by atoms with Crippen LogP contribution in [0.15, 0.2) is 58.5 Å². The summed E-state index contributed by atoms with van der Waals surface area (Å²) in [7, 11) is 0. The number of thioether (sulfide) groups is 1. The zero-order chi connectivity index (χ0) is 23.6. The van der Waals surface area contributed by atoms with Gasteiger partial charge in [-0.2, -0.15) is 0 Å². The van der Waals surface area contributed by atoms with Crippen LogP contribution in [0, 0.1) is 5.82 Å². The first-order valence-corrected chi connectivity index (χ1v) is 12.4. The molecule has 0 spiro atoms. The van der Waals surface area contributed by atoms with Crippen molar-refractivity contribution in [1.29, 1.82) is 0 Å². The number of para-hydroxylation sites is 1. The van der Waals surface area contributed by atoms with E-state index in [9.17, 15) is 14.0 Å². The SMILES string of the molecule is CCN(CC)CCCn1c(SCC(=O)NCCc2ccc(F)cc2)nc2ccccc2c1=O. The first-order chi connectivity index (χ1) is 16.0. The van der Waals surface area contributed by atoms with Crippen molar-refractivity contribution < 1.29 is 9.18 Å². The molecule has 8 heteroatoms. The number of carbonyl (C=O) groups is 1. The Morgan fingerprint density at radius 1 is 1.12 bits per heavy atom. The summed E-state index contributed by atoms with van der Waals surface area (Å²) in [6.45, 7) is 8.13. The number of halogens is 1. The lowest BCUT2D eigenvalue weighted by Crippen LogP contribution is -2.29. The molecule has 1 N–H and O–H groups in total. The lowest BCUT2D eigenvalue weighted by atomic mass is 10.1. The Morgan fingerprint density at radius 3 is 2.58 bits per heavy atom. The zero-order valence-corrected chi connectivity index (χ0v) is 20.0. The molecule has 3 aromatic rings. The van der Waals surface area contributed by atoms with Crippen LogP contribution < -0.4 is 10.9 Å². The van der Waals surface area contributed by atoms with Crippen molar-refractivity contribution in [2.45, 2.75) is 38.4 Å². The smallest absolute Gasteiger partial charge is 0.262 e. The third kappa shape index (κ3) is 7.14. The molecule has 33 heavy (non-hydrogen) atoms. The van der Waals surface area contributed by atoms with Gasteiger partial charge in [0.1, 0.15) is 5.82 Å². The number of aromatic nitrogens is 2. The van der Waals surface area contributed by atoms with E-state index < -0.39 is 0 Å². The van der Waals surface area contributed by atoms with Crippen LogP contribution in [0.25, 0.3) is 10.9 Å². The van der Waals surface area contributed by atoms with Crippen molar-refractivity contribution in [3.63, 3.8) is 0 Å². The highest BCUT2D eigenvalue weighted by molar-refractivity contribution is 7.99. The minimum atomic E-state index is -0.273. The molecular formula is C25H31FN4O2S. The van der Waals surface area contributed by atoms with E-state index in [-0.39, 0.29) is 23.0 Å². The number of carbonyl (C=O) groups excluding carboxylic acids is 1. The summed E-state index contributed by atoms with van der Waals surface area (Å²) in [5, 5.41) is 4.04. The molecule has 0 aliphatic carbocycles. The van der Waals surface area contributed by atoms with Crippen LogP contribution in [0.5, 0.6) is 0 Å². The van der Waals surface area contributed by atoms with Gasteiger partial charge in [0.2, 0.25) is 5.91 Å². The summed E-state index contributed by atoms with van der Waals surface area (Å²) in [6.07, 6.45) is 1.46. The molecule has 3 rings (SSSR count). The van der Waals surface area contributed by atoms with E-state index in [1.54, 1.807) is 22.8 Å². The Hall–Kier alpha value is -2.71. The molecule has 0 unspecified atom stereocenters. The summed E-state index contributed by atoms with van der Waals surface area (Å²) < 4.78 is 14.7. The lowest BCUT2D eigenvalue weighted by Gasteiger charge is -2.19. The van der Waals surface area contributed by atoms with E-state index in [0.717, 1.165) is 31.6 Å². The number of hydrogen-bond acceptors (Lipinski definition) is 5.